The summed E-state index contributed by atoms with van der Waals surface area (Å²) in [6.07, 6.45) is 0. The van der Waals surface area contributed by atoms with Gasteiger partial charge >= 0.3 is 0 Å². The van der Waals surface area contributed by atoms with Gasteiger partial charge in [-0.3, -0.25) is 0 Å². The summed E-state index contributed by atoms with van der Waals surface area (Å²) in [5.74, 6) is 2.16. The van der Waals surface area contributed by atoms with Crippen molar-refractivity contribution >= 4 is 0 Å². The van der Waals surface area contributed by atoms with E-state index in [1.807, 2.05) is 56.3 Å². The van der Waals surface area contributed by atoms with Gasteiger partial charge < -0.3 is 14.2 Å². The lowest BCUT2D eigenvalue weighted by molar-refractivity contribution is 0.122. The van der Waals surface area contributed by atoms with Gasteiger partial charge in [-0.25, -0.2) is 0 Å². The lowest BCUT2D eigenvalue weighted by Crippen LogP contribution is -2.39. The van der Waals surface area contributed by atoms with Gasteiger partial charge in [-0.15, -0.1) is 0 Å². The van der Waals surface area contributed by atoms with Gasteiger partial charge in [0, 0.05) is 11.1 Å². The second-order valence-corrected chi connectivity index (χ2v) is 6.15. The molecule has 2 bridgehead atoms. The molecule has 0 saturated heterocycles. The first-order chi connectivity index (χ1) is 12.8. The maximum absolute atomic E-state index is 6.62. The highest BCUT2D eigenvalue weighted by molar-refractivity contribution is 5.66. The van der Waals surface area contributed by atoms with Crippen LogP contribution in [0, 0.1) is 0 Å². The Bertz CT molecular complexity index is 849. The molecule has 0 amide bonds. The fourth-order valence-electron chi connectivity index (χ4n) is 3.63. The fourth-order valence-corrected chi connectivity index (χ4v) is 3.63. The zero-order valence-corrected chi connectivity index (χ0v) is 15.1. The molecule has 0 N–H and O–H groups in total. The number of rotatable bonds is 6. The quantitative estimate of drug-likeness (QED) is 0.616. The average Bonchev–Trinajstić information content (AvgIpc) is 2.71. The minimum Gasteiger partial charge on any atom is -0.489 e. The standard InChI is InChI=1S/C23H22O3/c1-3-24-21-19-15-16-20(22(21)25-4-2)26-23(19,17-11-7-5-8-12-17)18-13-9-6-10-14-18/h5-16H,3-4H2,1-2H3. The van der Waals surface area contributed by atoms with E-state index in [2.05, 4.69) is 30.3 Å². The molecule has 5 rings (SSSR count). The third-order valence-corrected chi connectivity index (χ3v) is 4.66. The number of hydrogen-bond donors (Lipinski definition) is 0. The minimum atomic E-state index is -0.738. The third kappa shape index (κ3) is 2.43. The van der Waals surface area contributed by atoms with Crippen molar-refractivity contribution < 1.29 is 14.2 Å². The van der Waals surface area contributed by atoms with E-state index in [0.29, 0.717) is 24.7 Å². The molecular formula is C23H22O3. The van der Waals surface area contributed by atoms with E-state index < -0.39 is 5.60 Å². The van der Waals surface area contributed by atoms with Crippen LogP contribution in [0.1, 0.15) is 30.5 Å². The van der Waals surface area contributed by atoms with Crippen molar-refractivity contribution in [3.63, 3.8) is 0 Å². The zero-order chi connectivity index (χ0) is 18.0. The van der Waals surface area contributed by atoms with Crippen LogP contribution in [0.5, 0.6) is 17.2 Å². The summed E-state index contributed by atoms with van der Waals surface area (Å²) in [6, 6.07) is 24.6. The molecule has 0 aliphatic carbocycles. The lowest BCUT2D eigenvalue weighted by atomic mass is 9.77. The third-order valence-electron chi connectivity index (χ3n) is 4.66. The predicted octanol–water partition coefficient (Wildman–Crippen LogP) is 5.17. The van der Waals surface area contributed by atoms with Crippen molar-refractivity contribution in [2.75, 3.05) is 13.2 Å². The molecule has 2 aliphatic heterocycles. The van der Waals surface area contributed by atoms with Gasteiger partial charge in [0.1, 0.15) is 0 Å². The topological polar surface area (TPSA) is 27.7 Å². The van der Waals surface area contributed by atoms with Crippen LogP contribution < -0.4 is 14.2 Å². The fraction of sp³-hybridized carbons (Fsp3) is 0.217. The molecule has 0 radical (unpaired) electrons. The van der Waals surface area contributed by atoms with E-state index in [1.54, 1.807) is 0 Å². The van der Waals surface area contributed by atoms with Crippen LogP contribution in [0.15, 0.2) is 72.8 Å². The second kappa shape index (κ2) is 6.75. The molecule has 0 saturated carbocycles. The van der Waals surface area contributed by atoms with E-state index >= 15 is 0 Å². The molecule has 0 fully saturated rings. The summed E-state index contributed by atoms with van der Waals surface area (Å²) in [5.41, 5.74) is 2.36. The van der Waals surface area contributed by atoms with Crippen LogP contribution in [-0.2, 0) is 5.60 Å². The predicted molar refractivity (Wildman–Crippen MR) is 102 cm³/mol. The van der Waals surface area contributed by atoms with Gasteiger partial charge in [-0.1, -0.05) is 60.7 Å². The van der Waals surface area contributed by atoms with Crippen molar-refractivity contribution in [2.45, 2.75) is 19.4 Å². The molecule has 0 unspecified atom stereocenters. The van der Waals surface area contributed by atoms with Crippen molar-refractivity contribution in [3.05, 3.63) is 89.5 Å². The Hall–Kier alpha value is -2.94. The van der Waals surface area contributed by atoms with Gasteiger partial charge in [0.15, 0.2) is 17.1 Å². The van der Waals surface area contributed by atoms with Crippen LogP contribution in [0.3, 0.4) is 0 Å². The van der Waals surface area contributed by atoms with Gasteiger partial charge in [0.2, 0.25) is 5.75 Å². The maximum Gasteiger partial charge on any atom is 0.204 e. The number of hydrogen-bond acceptors (Lipinski definition) is 3. The van der Waals surface area contributed by atoms with E-state index in [4.69, 9.17) is 14.2 Å². The van der Waals surface area contributed by atoms with Crippen molar-refractivity contribution in [1.82, 2.24) is 0 Å². The van der Waals surface area contributed by atoms with Gasteiger partial charge in [0.05, 0.1) is 18.8 Å². The van der Waals surface area contributed by atoms with Crippen molar-refractivity contribution in [2.24, 2.45) is 0 Å². The summed E-state index contributed by atoms with van der Waals surface area (Å²) in [7, 11) is 0. The summed E-state index contributed by atoms with van der Waals surface area (Å²) in [5, 5.41) is 0. The number of benzene rings is 3. The molecule has 0 spiro atoms. The molecule has 0 aromatic heterocycles. The smallest absolute Gasteiger partial charge is 0.204 e. The van der Waals surface area contributed by atoms with Crippen LogP contribution in [0.4, 0.5) is 0 Å². The zero-order valence-electron chi connectivity index (χ0n) is 15.1. The van der Waals surface area contributed by atoms with Gasteiger partial charge in [0.25, 0.3) is 0 Å². The highest BCUT2D eigenvalue weighted by atomic mass is 16.6. The molecule has 0 atom stereocenters. The largest absolute Gasteiger partial charge is 0.489 e. The van der Waals surface area contributed by atoms with E-state index in [-0.39, 0.29) is 0 Å². The van der Waals surface area contributed by atoms with E-state index in [9.17, 15) is 0 Å². The summed E-state index contributed by atoms with van der Waals surface area (Å²) in [4.78, 5) is 0. The lowest BCUT2D eigenvalue weighted by Gasteiger charge is -2.41. The summed E-state index contributed by atoms with van der Waals surface area (Å²) < 4.78 is 18.5. The molecule has 2 aliphatic rings. The van der Waals surface area contributed by atoms with Gasteiger partial charge in [-0.05, 0) is 26.0 Å². The van der Waals surface area contributed by atoms with E-state index in [1.165, 1.54) is 0 Å². The first kappa shape index (κ1) is 16.5. The SMILES string of the molecule is CCOc1c2ccc(c1OCC)C(c1ccccc1)(c1ccccc1)O2. The first-order valence-electron chi connectivity index (χ1n) is 9.04. The Morgan fingerprint density at radius 2 is 1.23 bits per heavy atom. The van der Waals surface area contributed by atoms with Crippen LogP contribution in [-0.4, -0.2) is 13.2 Å². The summed E-state index contributed by atoms with van der Waals surface area (Å²) >= 11 is 0. The molecule has 132 valence electrons. The Labute approximate surface area is 154 Å². The number of ether oxygens (including phenoxy) is 3. The van der Waals surface area contributed by atoms with Crippen molar-refractivity contribution in [3.8, 4) is 17.2 Å². The summed E-state index contributed by atoms with van der Waals surface area (Å²) in [6.45, 7) is 5.08. The molecule has 2 heterocycles. The molecule has 3 heteroatoms. The van der Waals surface area contributed by atoms with Crippen molar-refractivity contribution in [1.29, 1.82) is 0 Å². The van der Waals surface area contributed by atoms with Crippen LogP contribution in [0.25, 0.3) is 0 Å². The Morgan fingerprint density at radius 3 is 1.77 bits per heavy atom. The van der Waals surface area contributed by atoms with Crippen LogP contribution >= 0.6 is 0 Å². The van der Waals surface area contributed by atoms with Gasteiger partial charge in [-0.2, -0.15) is 0 Å². The molecule has 26 heavy (non-hydrogen) atoms. The minimum absolute atomic E-state index is 0.559. The average molecular weight is 346 g/mol. The normalized spacial score (nSPS) is 13.9. The Balaban J connectivity index is 2.01. The molecular weight excluding hydrogens is 324 g/mol. The molecule has 3 nitrogen and oxygen atoms in total. The maximum atomic E-state index is 6.62. The molecule has 3 aromatic rings. The molecule has 3 aromatic carbocycles. The highest BCUT2D eigenvalue weighted by Crippen LogP contribution is 2.56. The highest BCUT2D eigenvalue weighted by Gasteiger charge is 2.47. The van der Waals surface area contributed by atoms with E-state index in [0.717, 1.165) is 22.4 Å². The monoisotopic (exact) mass is 346 g/mol. The Morgan fingerprint density at radius 1 is 0.692 bits per heavy atom. The van der Waals surface area contributed by atoms with Crippen LogP contribution in [0.2, 0.25) is 0 Å². The Kier molecular flexibility index (Phi) is 4.29. The second-order valence-electron chi connectivity index (χ2n) is 6.15. The first-order valence-corrected chi connectivity index (χ1v) is 9.04. The number of fused-ring (bicyclic) bond motifs is 3.